The third kappa shape index (κ3) is 5.75. The molecule has 3 N–H and O–H groups in total. The van der Waals surface area contributed by atoms with Crippen LogP contribution in [0.4, 0.5) is 19.0 Å². The molecular weight excluding hydrogens is 419 g/mol. The number of amides is 1. The van der Waals surface area contributed by atoms with Gasteiger partial charge in [0.05, 0.1) is 5.69 Å². The van der Waals surface area contributed by atoms with E-state index >= 15 is 0 Å². The number of nitrogens with zero attached hydrogens (tertiary/aromatic N) is 2. The highest BCUT2D eigenvalue weighted by Crippen LogP contribution is 2.22. The summed E-state index contributed by atoms with van der Waals surface area (Å²) in [5.41, 5.74) is 1.52. The highest BCUT2D eigenvalue weighted by Gasteiger charge is 2.13. The van der Waals surface area contributed by atoms with Crippen LogP contribution in [-0.2, 0) is 0 Å². The van der Waals surface area contributed by atoms with Crippen molar-refractivity contribution in [2.75, 3.05) is 11.9 Å². The molecule has 0 bridgehead atoms. The Hall–Kier alpha value is -3.62. The normalized spacial score (nSPS) is 12.5. The van der Waals surface area contributed by atoms with Gasteiger partial charge in [-0.25, -0.2) is 13.2 Å². The molecule has 0 saturated heterocycles. The van der Waals surface area contributed by atoms with E-state index in [4.69, 9.17) is 0 Å². The molecule has 32 heavy (non-hydrogen) atoms. The number of nitrogens with one attached hydrogen (secondary N) is 3. The van der Waals surface area contributed by atoms with Crippen molar-refractivity contribution in [3.05, 3.63) is 71.0 Å². The lowest BCUT2D eigenvalue weighted by Crippen LogP contribution is -2.35. The first-order valence-corrected chi connectivity index (χ1v) is 10.2. The molecule has 0 aliphatic rings. The van der Waals surface area contributed by atoms with E-state index < -0.39 is 17.5 Å². The number of aromatic amines is 1. The fourth-order valence-electron chi connectivity index (χ4n) is 2.74. The van der Waals surface area contributed by atoms with Gasteiger partial charge in [0.15, 0.2) is 11.6 Å². The van der Waals surface area contributed by atoms with Gasteiger partial charge in [-0.2, -0.15) is 10.1 Å². The van der Waals surface area contributed by atoms with Crippen molar-refractivity contribution in [1.29, 1.82) is 0 Å². The Labute approximate surface area is 184 Å². The van der Waals surface area contributed by atoms with Gasteiger partial charge in [0.2, 0.25) is 5.96 Å². The smallest absolute Gasteiger partial charge is 0.280 e. The number of anilines is 1. The molecule has 1 unspecified atom stereocenters. The third-order valence-electron chi connectivity index (χ3n) is 4.99. The van der Waals surface area contributed by atoms with Crippen molar-refractivity contribution in [3.63, 3.8) is 0 Å². The SMILES string of the molecule is CCC(C)CN/C(=N/C(=O)c1ccc(F)c(F)c1)Nc1cc(-c2ccc(C)c(F)c2)n[nH]1. The zero-order chi connectivity index (χ0) is 23.3. The molecule has 1 aromatic heterocycles. The lowest BCUT2D eigenvalue weighted by Gasteiger charge is -2.14. The van der Waals surface area contributed by atoms with E-state index in [1.807, 2.05) is 13.8 Å². The molecule has 2 aromatic carbocycles. The average Bonchev–Trinajstić information content (AvgIpc) is 3.24. The summed E-state index contributed by atoms with van der Waals surface area (Å²) in [7, 11) is 0. The van der Waals surface area contributed by atoms with Gasteiger partial charge >= 0.3 is 0 Å². The predicted octanol–water partition coefficient (Wildman–Crippen LogP) is 5.05. The number of benzene rings is 2. The molecule has 0 fully saturated rings. The maximum Gasteiger partial charge on any atom is 0.280 e. The highest BCUT2D eigenvalue weighted by atomic mass is 19.2. The number of carbonyl (C=O) groups excluding carboxylic acids is 1. The lowest BCUT2D eigenvalue weighted by molar-refractivity contribution is 0.100. The molecule has 6 nitrogen and oxygen atoms in total. The second-order valence-electron chi connectivity index (χ2n) is 7.54. The molecule has 0 aliphatic heterocycles. The van der Waals surface area contributed by atoms with E-state index in [1.165, 1.54) is 6.07 Å². The average molecular weight is 443 g/mol. The second kappa shape index (κ2) is 10.1. The van der Waals surface area contributed by atoms with Crippen LogP contribution in [0.2, 0.25) is 0 Å². The maximum absolute atomic E-state index is 13.9. The van der Waals surface area contributed by atoms with E-state index in [2.05, 4.69) is 25.8 Å². The van der Waals surface area contributed by atoms with Crippen LogP contribution < -0.4 is 10.6 Å². The molecule has 3 aromatic rings. The Morgan fingerprint density at radius 2 is 1.88 bits per heavy atom. The molecule has 0 saturated carbocycles. The fourth-order valence-corrected chi connectivity index (χ4v) is 2.74. The Morgan fingerprint density at radius 3 is 2.56 bits per heavy atom. The summed E-state index contributed by atoms with van der Waals surface area (Å²) in [4.78, 5) is 16.5. The molecular formula is C23H24F3N5O. The Morgan fingerprint density at radius 1 is 1.09 bits per heavy atom. The summed E-state index contributed by atoms with van der Waals surface area (Å²) in [6, 6.07) is 9.28. The number of hydrogen-bond donors (Lipinski definition) is 3. The van der Waals surface area contributed by atoms with Crippen molar-refractivity contribution < 1.29 is 18.0 Å². The molecule has 1 atom stereocenters. The van der Waals surface area contributed by atoms with Crippen LogP contribution in [0.15, 0.2) is 47.5 Å². The number of aryl methyl sites for hydroxylation is 1. The molecule has 0 spiro atoms. The van der Waals surface area contributed by atoms with Crippen molar-refractivity contribution in [2.45, 2.75) is 27.2 Å². The number of aliphatic imine (C=N–C) groups is 1. The van der Waals surface area contributed by atoms with Crippen LogP contribution in [0.1, 0.15) is 36.2 Å². The van der Waals surface area contributed by atoms with Crippen LogP contribution in [0.5, 0.6) is 0 Å². The van der Waals surface area contributed by atoms with E-state index in [1.54, 1.807) is 25.1 Å². The number of H-pyrrole nitrogens is 1. The van der Waals surface area contributed by atoms with E-state index in [0.717, 1.165) is 24.6 Å². The third-order valence-corrected chi connectivity index (χ3v) is 4.99. The van der Waals surface area contributed by atoms with Gasteiger partial charge in [-0.1, -0.05) is 32.4 Å². The van der Waals surface area contributed by atoms with Gasteiger partial charge in [0.1, 0.15) is 11.6 Å². The van der Waals surface area contributed by atoms with E-state index in [-0.39, 0.29) is 17.3 Å². The number of guanidine groups is 1. The highest BCUT2D eigenvalue weighted by molar-refractivity contribution is 6.06. The van der Waals surface area contributed by atoms with E-state index in [9.17, 15) is 18.0 Å². The van der Waals surface area contributed by atoms with Crippen molar-refractivity contribution in [3.8, 4) is 11.3 Å². The zero-order valence-corrected chi connectivity index (χ0v) is 18.0. The second-order valence-corrected chi connectivity index (χ2v) is 7.54. The van der Waals surface area contributed by atoms with Gasteiger partial charge in [0.25, 0.3) is 5.91 Å². The van der Waals surface area contributed by atoms with Crippen LogP contribution in [0, 0.1) is 30.3 Å². The number of halogens is 3. The number of hydrogen-bond acceptors (Lipinski definition) is 2. The number of carbonyl (C=O) groups is 1. The largest absolute Gasteiger partial charge is 0.355 e. The Bertz CT molecular complexity index is 1140. The van der Waals surface area contributed by atoms with Gasteiger partial charge < -0.3 is 10.6 Å². The molecule has 3 rings (SSSR count). The monoisotopic (exact) mass is 443 g/mol. The molecule has 168 valence electrons. The standard InChI is InChI=1S/C23H24F3N5O/c1-4-13(2)12-27-23(29-22(32)16-7-8-17(24)19(26)10-16)28-21-11-20(30-31-21)15-6-5-14(3)18(25)9-15/h5-11,13H,4,12H2,1-3H3,(H3,27,28,29,30,31,32). The summed E-state index contributed by atoms with van der Waals surface area (Å²) < 4.78 is 40.5. The summed E-state index contributed by atoms with van der Waals surface area (Å²) in [5, 5.41) is 12.9. The van der Waals surface area contributed by atoms with Crippen molar-refractivity contribution in [1.82, 2.24) is 15.5 Å². The first kappa shape index (κ1) is 23.1. The Kier molecular flexibility index (Phi) is 7.29. The number of rotatable bonds is 6. The van der Waals surface area contributed by atoms with Crippen LogP contribution in [0.25, 0.3) is 11.3 Å². The lowest BCUT2D eigenvalue weighted by atomic mass is 10.1. The van der Waals surface area contributed by atoms with Crippen LogP contribution in [-0.4, -0.2) is 28.6 Å². The zero-order valence-electron chi connectivity index (χ0n) is 18.0. The minimum Gasteiger partial charge on any atom is -0.355 e. The summed E-state index contributed by atoms with van der Waals surface area (Å²) in [5.74, 6) is -2.43. The number of aromatic nitrogens is 2. The first-order valence-electron chi connectivity index (χ1n) is 10.2. The Balaban J connectivity index is 1.83. The molecule has 1 amide bonds. The summed E-state index contributed by atoms with van der Waals surface area (Å²) in [6.45, 7) is 6.26. The first-order chi connectivity index (χ1) is 15.3. The quantitative estimate of drug-likeness (QED) is 0.368. The molecule has 1 heterocycles. The molecule has 0 radical (unpaired) electrons. The molecule has 9 heteroatoms. The van der Waals surface area contributed by atoms with E-state index in [0.29, 0.717) is 35.1 Å². The maximum atomic E-state index is 13.9. The summed E-state index contributed by atoms with van der Waals surface area (Å²) >= 11 is 0. The van der Waals surface area contributed by atoms with Gasteiger partial charge in [-0.05, 0) is 42.7 Å². The van der Waals surface area contributed by atoms with Crippen molar-refractivity contribution >= 4 is 17.7 Å². The van der Waals surface area contributed by atoms with Crippen LogP contribution >= 0.6 is 0 Å². The van der Waals surface area contributed by atoms with Gasteiger partial charge in [-0.15, -0.1) is 0 Å². The van der Waals surface area contributed by atoms with Crippen molar-refractivity contribution in [2.24, 2.45) is 10.9 Å². The topological polar surface area (TPSA) is 82.2 Å². The van der Waals surface area contributed by atoms with Gasteiger partial charge in [-0.3, -0.25) is 9.89 Å². The van der Waals surface area contributed by atoms with Crippen LogP contribution in [0.3, 0.4) is 0 Å². The van der Waals surface area contributed by atoms with Gasteiger partial charge in [0, 0.05) is 23.7 Å². The fraction of sp³-hybridized carbons (Fsp3) is 0.261. The minimum atomic E-state index is -1.13. The molecule has 0 aliphatic carbocycles. The minimum absolute atomic E-state index is 0.0889. The summed E-state index contributed by atoms with van der Waals surface area (Å²) in [6.07, 6.45) is 0.907. The predicted molar refractivity (Wildman–Crippen MR) is 118 cm³/mol.